The Morgan fingerprint density at radius 2 is 2.16 bits per heavy atom. The van der Waals surface area contributed by atoms with Crippen LogP contribution < -0.4 is 5.73 Å². The molecule has 0 saturated carbocycles. The van der Waals surface area contributed by atoms with E-state index in [1.807, 2.05) is 6.92 Å². The molecule has 1 atom stereocenters. The zero-order valence-corrected chi connectivity index (χ0v) is 12.1. The standard InChI is InChI=1S/C13H20N2O3S/c1-10-9-15(7-4-8-18-10)19(16,17)13-6-3-5-12(14)11(13)2/h3,5-6,10H,4,7-9,14H2,1-2H3. The number of hydrogen-bond acceptors (Lipinski definition) is 4. The van der Waals surface area contributed by atoms with Crippen LogP contribution in [-0.4, -0.2) is 38.5 Å². The van der Waals surface area contributed by atoms with Crippen molar-refractivity contribution in [1.82, 2.24) is 4.31 Å². The van der Waals surface area contributed by atoms with Gasteiger partial charge in [-0.05, 0) is 38.0 Å². The fourth-order valence-electron chi connectivity index (χ4n) is 2.22. The summed E-state index contributed by atoms with van der Waals surface area (Å²) >= 11 is 0. The Bertz CT molecular complexity index is 557. The van der Waals surface area contributed by atoms with Crippen molar-refractivity contribution in [1.29, 1.82) is 0 Å². The molecular weight excluding hydrogens is 264 g/mol. The predicted molar refractivity (Wildman–Crippen MR) is 74.4 cm³/mol. The molecule has 19 heavy (non-hydrogen) atoms. The van der Waals surface area contributed by atoms with Gasteiger partial charge in [0.05, 0.1) is 11.0 Å². The molecular formula is C13H20N2O3S. The molecule has 1 saturated heterocycles. The Morgan fingerprint density at radius 1 is 1.42 bits per heavy atom. The summed E-state index contributed by atoms with van der Waals surface area (Å²) in [6.45, 7) is 5.10. The molecule has 1 heterocycles. The molecule has 2 rings (SSSR count). The van der Waals surface area contributed by atoms with Crippen molar-refractivity contribution in [3.8, 4) is 0 Å². The highest BCUT2D eigenvalue weighted by molar-refractivity contribution is 7.89. The van der Waals surface area contributed by atoms with E-state index in [0.717, 1.165) is 0 Å². The van der Waals surface area contributed by atoms with Crippen LogP contribution in [0.15, 0.2) is 23.1 Å². The molecule has 1 aliphatic heterocycles. The molecule has 1 fully saturated rings. The number of rotatable bonds is 2. The molecule has 0 spiro atoms. The summed E-state index contributed by atoms with van der Waals surface area (Å²) in [5.41, 5.74) is 6.91. The van der Waals surface area contributed by atoms with E-state index in [4.69, 9.17) is 10.5 Å². The van der Waals surface area contributed by atoms with Crippen LogP contribution in [0.1, 0.15) is 18.9 Å². The maximum absolute atomic E-state index is 12.7. The maximum Gasteiger partial charge on any atom is 0.243 e. The molecule has 1 aliphatic rings. The second kappa shape index (κ2) is 5.48. The molecule has 5 nitrogen and oxygen atoms in total. The first-order chi connectivity index (χ1) is 8.93. The summed E-state index contributed by atoms with van der Waals surface area (Å²) in [5, 5.41) is 0. The van der Waals surface area contributed by atoms with Gasteiger partial charge in [-0.15, -0.1) is 0 Å². The number of nitrogen functional groups attached to an aromatic ring is 1. The highest BCUT2D eigenvalue weighted by Crippen LogP contribution is 2.25. The van der Waals surface area contributed by atoms with E-state index < -0.39 is 10.0 Å². The van der Waals surface area contributed by atoms with Gasteiger partial charge in [-0.1, -0.05) is 6.07 Å². The third kappa shape index (κ3) is 2.91. The minimum atomic E-state index is -3.50. The Kier molecular flexibility index (Phi) is 4.13. The highest BCUT2D eigenvalue weighted by atomic mass is 32.2. The zero-order valence-electron chi connectivity index (χ0n) is 11.3. The molecule has 0 radical (unpaired) electrons. The van der Waals surface area contributed by atoms with Crippen molar-refractivity contribution in [3.05, 3.63) is 23.8 Å². The first-order valence-corrected chi connectivity index (χ1v) is 7.84. The summed E-state index contributed by atoms with van der Waals surface area (Å²) in [5.74, 6) is 0. The molecule has 1 aromatic rings. The number of nitrogens with two attached hydrogens (primary N) is 1. The Morgan fingerprint density at radius 3 is 2.89 bits per heavy atom. The summed E-state index contributed by atoms with van der Waals surface area (Å²) < 4.78 is 32.3. The summed E-state index contributed by atoms with van der Waals surface area (Å²) in [6.07, 6.45) is 0.629. The first kappa shape index (κ1) is 14.3. The van der Waals surface area contributed by atoms with E-state index in [0.29, 0.717) is 42.3 Å². The third-order valence-electron chi connectivity index (χ3n) is 3.36. The van der Waals surface area contributed by atoms with Crippen LogP contribution in [0.2, 0.25) is 0 Å². The van der Waals surface area contributed by atoms with Crippen molar-refractivity contribution in [2.24, 2.45) is 0 Å². The van der Waals surface area contributed by atoms with Crippen molar-refractivity contribution in [2.45, 2.75) is 31.3 Å². The van der Waals surface area contributed by atoms with Gasteiger partial charge >= 0.3 is 0 Å². The Hall–Kier alpha value is -1.11. The van der Waals surface area contributed by atoms with Gasteiger partial charge in [0.25, 0.3) is 0 Å². The minimum Gasteiger partial charge on any atom is -0.398 e. The number of anilines is 1. The number of benzene rings is 1. The lowest BCUT2D eigenvalue weighted by Crippen LogP contribution is -2.36. The normalized spacial score (nSPS) is 22.1. The van der Waals surface area contributed by atoms with Crippen LogP contribution in [0.25, 0.3) is 0 Å². The largest absolute Gasteiger partial charge is 0.398 e. The predicted octanol–water partition coefficient (Wildman–Crippen LogP) is 1.38. The lowest BCUT2D eigenvalue weighted by atomic mass is 10.2. The lowest BCUT2D eigenvalue weighted by Gasteiger charge is -2.22. The van der Waals surface area contributed by atoms with Gasteiger partial charge in [0, 0.05) is 25.4 Å². The first-order valence-electron chi connectivity index (χ1n) is 6.40. The van der Waals surface area contributed by atoms with Crippen molar-refractivity contribution >= 4 is 15.7 Å². The quantitative estimate of drug-likeness (QED) is 0.833. The number of sulfonamides is 1. The molecule has 0 aliphatic carbocycles. The van der Waals surface area contributed by atoms with Crippen LogP contribution in [0.4, 0.5) is 5.69 Å². The van der Waals surface area contributed by atoms with Crippen LogP contribution in [-0.2, 0) is 14.8 Å². The highest BCUT2D eigenvalue weighted by Gasteiger charge is 2.29. The molecule has 0 bridgehead atoms. The maximum atomic E-state index is 12.7. The molecule has 0 aromatic heterocycles. The monoisotopic (exact) mass is 284 g/mol. The average Bonchev–Trinajstić information content (AvgIpc) is 2.57. The smallest absolute Gasteiger partial charge is 0.243 e. The molecule has 1 aromatic carbocycles. The molecule has 2 N–H and O–H groups in total. The summed E-state index contributed by atoms with van der Waals surface area (Å²) in [7, 11) is -3.50. The molecule has 0 amide bonds. The average molecular weight is 284 g/mol. The van der Waals surface area contributed by atoms with E-state index in [2.05, 4.69) is 0 Å². The van der Waals surface area contributed by atoms with E-state index >= 15 is 0 Å². The van der Waals surface area contributed by atoms with Crippen LogP contribution in [0.3, 0.4) is 0 Å². The summed E-state index contributed by atoms with van der Waals surface area (Å²) in [4.78, 5) is 0.293. The van der Waals surface area contributed by atoms with Gasteiger partial charge < -0.3 is 10.5 Å². The van der Waals surface area contributed by atoms with Crippen LogP contribution in [0.5, 0.6) is 0 Å². The molecule has 1 unspecified atom stereocenters. The topological polar surface area (TPSA) is 72.6 Å². The minimum absolute atomic E-state index is 0.0846. The van der Waals surface area contributed by atoms with Gasteiger partial charge in [0.1, 0.15) is 0 Å². The van der Waals surface area contributed by atoms with Gasteiger partial charge in [0.2, 0.25) is 10.0 Å². The Balaban J connectivity index is 2.38. The third-order valence-corrected chi connectivity index (χ3v) is 5.37. The van der Waals surface area contributed by atoms with Crippen molar-refractivity contribution < 1.29 is 13.2 Å². The van der Waals surface area contributed by atoms with E-state index in [1.165, 1.54) is 4.31 Å². The van der Waals surface area contributed by atoms with Gasteiger partial charge in [0.15, 0.2) is 0 Å². The zero-order chi connectivity index (χ0) is 14.0. The van der Waals surface area contributed by atoms with Gasteiger partial charge in [-0.3, -0.25) is 0 Å². The summed E-state index contributed by atoms with van der Waals surface area (Å²) in [6, 6.07) is 4.99. The van der Waals surface area contributed by atoms with Gasteiger partial charge in [-0.2, -0.15) is 4.31 Å². The van der Waals surface area contributed by atoms with Crippen LogP contribution >= 0.6 is 0 Å². The fourth-order valence-corrected chi connectivity index (χ4v) is 4.03. The Labute approximate surface area is 114 Å². The lowest BCUT2D eigenvalue weighted by molar-refractivity contribution is 0.0752. The molecule has 106 valence electrons. The van der Waals surface area contributed by atoms with Crippen molar-refractivity contribution in [3.63, 3.8) is 0 Å². The number of ether oxygens (including phenoxy) is 1. The fraction of sp³-hybridized carbons (Fsp3) is 0.538. The van der Waals surface area contributed by atoms with E-state index in [9.17, 15) is 8.42 Å². The van der Waals surface area contributed by atoms with Crippen molar-refractivity contribution in [2.75, 3.05) is 25.4 Å². The SMILES string of the molecule is Cc1c(N)cccc1S(=O)(=O)N1CCCOC(C)C1. The second-order valence-corrected chi connectivity index (χ2v) is 6.77. The van der Waals surface area contributed by atoms with E-state index in [1.54, 1.807) is 25.1 Å². The number of nitrogens with zero attached hydrogens (tertiary/aromatic N) is 1. The number of hydrogen-bond donors (Lipinski definition) is 1. The molecule has 6 heteroatoms. The second-order valence-electron chi connectivity index (χ2n) is 4.87. The van der Waals surface area contributed by atoms with Gasteiger partial charge in [-0.25, -0.2) is 8.42 Å². The van der Waals surface area contributed by atoms with Crippen LogP contribution in [0, 0.1) is 6.92 Å². The van der Waals surface area contributed by atoms with E-state index in [-0.39, 0.29) is 6.10 Å².